The van der Waals surface area contributed by atoms with Crippen LogP contribution in [0.15, 0.2) is 48.5 Å². The van der Waals surface area contributed by atoms with Crippen LogP contribution in [0.4, 0.5) is 8.78 Å². The Kier molecular flexibility index (Phi) is 3.52. The van der Waals surface area contributed by atoms with Gasteiger partial charge in [-0.25, -0.2) is 8.78 Å². The molecule has 0 nitrogen and oxygen atoms in total. The van der Waals surface area contributed by atoms with Gasteiger partial charge in [-0.05, 0) is 34.6 Å². The Morgan fingerprint density at radius 2 is 1.18 bits per heavy atom. The van der Waals surface area contributed by atoms with Gasteiger partial charge in [0.25, 0.3) is 0 Å². The lowest BCUT2D eigenvalue weighted by Crippen LogP contribution is -2.48. The Balaban J connectivity index is 2.49. The van der Waals surface area contributed by atoms with E-state index in [1.807, 2.05) is 0 Å². The molecule has 5 heteroatoms. The van der Waals surface area contributed by atoms with Crippen molar-refractivity contribution in [2.24, 2.45) is 0 Å². The highest BCUT2D eigenvalue weighted by Gasteiger charge is 2.34. The van der Waals surface area contributed by atoms with E-state index in [9.17, 15) is 8.78 Å². The third-order valence-corrected chi connectivity index (χ3v) is 7.07. The molecule has 0 spiro atoms. The van der Waals surface area contributed by atoms with Crippen molar-refractivity contribution in [3.05, 3.63) is 60.2 Å². The summed E-state index contributed by atoms with van der Waals surface area (Å²) in [7, 11) is 0. The SMILES string of the molecule is Fc1cccc([Si](Cl)(Cl)c2cccc(F)c2)c1. The van der Waals surface area contributed by atoms with Crippen LogP contribution in [0.3, 0.4) is 0 Å². The van der Waals surface area contributed by atoms with E-state index >= 15 is 0 Å². The summed E-state index contributed by atoms with van der Waals surface area (Å²) in [5, 5.41) is 1.01. The fraction of sp³-hybridized carbons (Fsp3) is 0. The summed E-state index contributed by atoms with van der Waals surface area (Å²) >= 11 is 12.6. The summed E-state index contributed by atoms with van der Waals surface area (Å²) in [6, 6.07) is 11.6. The fourth-order valence-corrected chi connectivity index (χ4v) is 4.53. The highest BCUT2D eigenvalue weighted by molar-refractivity contribution is 7.56. The third-order valence-electron chi connectivity index (χ3n) is 2.37. The average Bonchev–Trinajstić information content (AvgIpc) is 2.29. The maximum atomic E-state index is 13.1. The second-order valence-electron chi connectivity index (χ2n) is 3.60. The molecule has 17 heavy (non-hydrogen) atoms. The van der Waals surface area contributed by atoms with Gasteiger partial charge in [-0.2, -0.15) is 0 Å². The van der Waals surface area contributed by atoms with Crippen molar-refractivity contribution in [2.45, 2.75) is 0 Å². The monoisotopic (exact) mass is 288 g/mol. The molecule has 0 bridgehead atoms. The zero-order valence-corrected chi connectivity index (χ0v) is 11.1. The molecule has 0 N–H and O–H groups in total. The Morgan fingerprint density at radius 1 is 0.765 bits per heavy atom. The molecule has 0 radical (unpaired) electrons. The Morgan fingerprint density at radius 3 is 1.53 bits per heavy atom. The van der Waals surface area contributed by atoms with Gasteiger partial charge in [-0.1, -0.05) is 24.3 Å². The molecule has 0 saturated heterocycles. The van der Waals surface area contributed by atoms with E-state index in [2.05, 4.69) is 0 Å². The molecule has 0 aliphatic heterocycles. The molecule has 0 amide bonds. The maximum absolute atomic E-state index is 13.1. The van der Waals surface area contributed by atoms with Gasteiger partial charge in [0.2, 0.25) is 0 Å². The van der Waals surface area contributed by atoms with Crippen molar-refractivity contribution < 1.29 is 8.78 Å². The summed E-state index contributed by atoms with van der Waals surface area (Å²) in [6.07, 6.45) is 0. The van der Waals surface area contributed by atoms with E-state index < -0.39 is 18.3 Å². The second-order valence-corrected chi connectivity index (χ2v) is 9.88. The molecule has 2 rings (SSSR count). The van der Waals surface area contributed by atoms with Gasteiger partial charge in [0.05, 0.1) is 0 Å². The van der Waals surface area contributed by atoms with Crippen LogP contribution in [0.1, 0.15) is 0 Å². The maximum Gasteiger partial charge on any atom is 0.310 e. The average molecular weight is 289 g/mol. The van der Waals surface area contributed by atoms with Crippen LogP contribution < -0.4 is 10.4 Å². The summed E-state index contributed by atoms with van der Waals surface area (Å²) in [4.78, 5) is 0. The van der Waals surface area contributed by atoms with Crippen molar-refractivity contribution in [2.75, 3.05) is 0 Å². The molecule has 0 aliphatic carbocycles. The first kappa shape index (κ1) is 12.6. The van der Waals surface area contributed by atoms with E-state index in [4.69, 9.17) is 22.2 Å². The summed E-state index contributed by atoms with van der Waals surface area (Å²) in [5.41, 5.74) is 0. The lowest BCUT2D eigenvalue weighted by atomic mass is 10.3. The molecule has 0 heterocycles. The van der Waals surface area contributed by atoms with Gasteiger partial charge in [0.1, 0.15) is 11.6 Å². The minimum Gasteiger partial charge on any atom is -0.207 e. The number of rotatable bonds is 2. The highest BCUT2D eigenvalue weighted by Crippen LogP contribution is 2.16. The molecule has 0 aliphatic rings. The largest absolute Gasteiger partial charge is 0.310 e. The molecule has 88 valence electrons. The van der Waals surface area contributed by atoms with Crippen LogP contribution in [0, 0.1) is 11.6 Å². The first-order valence-corrected chi connectivity index (χ1v) is 8.92. The molecule has 2 aromatic rings. The molecule has 0 unspecified atom stereocenters. The lowest BCUT2D eigenvalue weighted by molar-refractivity contribution is 0.629. The van der Waals surface area contributed by atoms with Crippen LogP contribution >= 0.6 is 22.2 Å². The van der Waals surface area contributed by atoms with Crippen molar-refractivity contribution in [3.8, 4) is 0 Å². The van der Waals surface area contributed by atoms with Crippen LogP contribution in [-0.4, -0.2) is 6.69 Å². The zero-order valence-electron chi connectivity index (χ0n) is 8.63. The van der Waals surface area contributed by atoms with Crippen LogP contribution in [0.5, 0.6) is 0 Å². The normalized spacial score (nSPS) is 11.5. The number of halogens is 4. The van der Waals surface area contributed by atoms with E-state index in [0.717, 1.165) is 0 Å². The smallest absolute Gasteiger partial charge is 0.207 e. The van der Waals surface area contributed by atoms with Gasteiger partial charge in [0, 0.05) is 0 Å². The summed E-state index contributed by atoms with van der Waals surface area (Å²) < 4.78 is 26.2. The van der Waals surface area contributed by atoms with Crippen LogP contribution in [0.2, 0.25) is 0 Å². The van der Waals surface area contributed by atoms with Gasteiger partial charge in [-0.3, -0.25) is 0 Å². The van der Waals surface area contributed by atoms with E-state index in [1.54, 1.807) is 12.1 Å². The topological polar surface area (TPSA) is 0 Å². The van der Waals surface area contributed by atoms with Gasteiger partial charge < -0.3 is 0 Å². The van der Waals surface area contributed by atoms with Gasteiger partial charge in [0.15, 0.2) is 0 Å². The van der Waals surface area contributed by atoms with Crippen LogP contribution in [0.25, 0.3) is 0 Å². The molecule has 0 aromatic heterocycles. The van der Waals surface area contributed by atoms with E-state index in [1.165, 1.54) is 36.4 Å². The number of benzene rings is 2. The molecular formula is C12H8Cl2F2Si. The number of hydrogen-bond acceptors (Lipinski definition) is 0. The van der Waals surface area contributed by atoms with Crippen LogP contribution in [-0.2, 0) is 0 Å². The Labute approximate surface area is 108 Å². The van der Waals surface area contributed by atoms with E-state index in [-0.39, 0.29) is 0 Å². The standard InChI is InChI=1S/C12H8Cl2F2Si/c13-17(14,11-5-1-3-9(15)7-11)12-6-2-4-10(16)8-12/h1-8H. The molecule has 0 atom stereocenters. The Hall–Kier alpha value is -0.903. The quantitative estimate of drug-likeness (QED) is 0.589. The minimum absolute atomic E-state index is 0.405. The van der Waals surface area contributed by atoms with Crippen molar-refractivity contribution in [3.63, 3.8) is 0 Å². The first-order chi connectivity index (χ1) is 8.00. The van der Waals surface area contributed by atoms with Gasteiger partial charge in [-0.15, -0.1) is 22.2 Å². The molecule has 0 saturated carbocycles. The van der Waals surface area contributed by atoms with Gasteiger partial charge >= 0.3 is 6.69 Å². The predicted octanol–water partition coefficient (Wildman–Crippen LogP) is 3.00. The summed E-state index contributed by atoms with van der Waals surface area (Å²) in [5.74, 6) is -0.811. The molecule has 2 aromatic carbocycles. The van der Waals surface area contributed by atoms with Crippen molar-refractivity contribution in [1.82, 2.24) is 0 Å². The first-order valence-electron chi connectivity index (χ1n) is 4.90. The molecule has 0 fully saturated rings. The molecular weight excluding hydrogens is 281 g/mol. The van der Waals surface area contributed by atoms with E-state index in [0.29, 0.717) is 10.4 Å². The Bertz CT molecular complexity index is 496. The summed E-state index contributed by atoms with van der Waals surface area (Å²) in [6.45, 7) is -3.05. The zero-order chi connectivity index (χ0) is 12.5. The minimum atomic E-state index is -3.05. The fourth-order valence-electron chi connectivity index (χ4n) is 1.53. The lowest BCUT2D eigenvalue weighted by Gasteiger charge is -2.17. The van der Waals surface area contributed by atoms with Crippen molar-refractivity contribution in [1.29, 1.82) is 0 Å². The second kappa shape index (κ2) is 4.76. The third kappa shape index (κ3) is 2.68. The highest BCUT2D eigenvalue weighted by atomic mass is 35.7. The number of hydrogen-bond donors (Lipinski definition) is 0. The van der Waals surface area contributed by atoms with Crippen molar-refractivity contribution >= 4 is 39.2 Å². The predicted molar refractivity (Wildman–Crippen MR) is 69.5 cm³/mol.